The van der Waals surface area contributed by atoms with Crippen molar-refractivity contribution in [1.29, 1.82) is 0 Å². The summed E-state index contributed by atoms with van der Waals surface area (Å²) in [5, 5.41) is 14.1. The van der Waals surface area contributed by atoms with Crippen molar-refractivity contribution in [3.63, 3.8) is 0 Å². The first-order chi connectivity index (χ1) is 13.6. The molecule has 0 radical (unpaired) electrons. The molecule has 0 amide bonds. The third-order valence-electron chi connectivity index (χ3n) is 4.94. The average molecular weight is 404 g/mol. The van der Waals surface area contributed by atoms with E-state index in [1.165, 1.54) is 11.1 Å². The molecule has 28 heavy (non-hydrogen) atoms. The van der Waals surface area contributed by atoms with E-state index in [4.69, 9.17) is 21.1 Å². The molecule has 0 heterocycles. The quantitative estimate of drug-likeness (QED) is 0.660. The molecule has 0 aromatic heterocycles. The summed E-state index contributed by atoms with van der Waals surface area (Å²) in [5.41, 5.74) is 3.48. The number of carbonyl (C=O) groups is 1. The van der Waals surface area contributed by atoms with Crippen LogP contribution in [-0.2, 0) is 22.4 Å². The number of nitrogens with one attached hydrogen (secondary N) is 1. The lowest BCUT2D eigenvalue weighted by Gasteiger charge is -2.29. The molecule has 5 nitrogen and oxygen atoms in total. The molecule has 1 aliphatic carbocycles. The first kappa shape index (κ1) is 20.6. The van der Waals surface area contributed by atoms with Crippen molar-refractivity contribution in [2.45, 2.75) is 38.3 Å². The second kappa shape index (κ2) is 9.92. The van der Waals surface area contributed by atoms with Gasteiger partial charge in [-0.1, -0.05) is 29.8 Å². The van der Waals surface area contributed by atoms with Crippen molar-refractivity contribution >= 4 is 17.6 Å². The summed E-state index contributed by atoms with van der Waals surface area (Å²) in [7, 11) is 0. The largest absolute Gasteiger partial charge is 0.482 e. The Morgan fingerprint density at radius 3 is 2.89 bits per heavy atom. The summed E-state index contributed by atoms with van der Waals surface area (Å²) in [5.74, 6) is 0.299. The fourth-order valence-corrected chi connectivity index (χ4v) is 3.77. The second-order valence-corrected chi connectivity index (χ2v) is 7.36. The fourth-order valence-electron chi connectivity index (χ4n) is 3.57. The highest BCUT2D eigenvalue weighted by Gasteiger charge is 2.22. The zero-order chi connectivity index (χ0) is 19.9. The van der Waals surface area contributed by atoms with Crippen molar-refractivity contribution in [1.82, 2.24) is 5.32 Å². The predicted molar refractivity (Wildman–Crippen MR) is 109 cm³/mol. The van der Waals surface area contributed by atoms with Gasteiger partial charge in [0.15, 0.2) is 6.61 Å². The van der Waals surface area contributed by atoms with Crippen LogP contribution in [0.2, 0.25) is 5.02 Å². The number of rotatable bonds is 8. The Morgan fingerprint density at radius 2 is 2.14 bits per heavy atom. The molecule has 0 spiro atoms. The minimum absolute atomic E-state index is 0.00634. The van der Waals surface area contributed by atoms with Crippen LogP contribution in [0.3, 0.4) is 0 Å². The topological polar surface area (TPSA) is 67.8 Å². The number of halogens is 1. The number of aryl methyl sites for hydroxylation is 1. The zero-order valence-corrected chi connectivity index (χ0v) is 16.7. The predicted octanol–water partition coefficient (Wildman–Crippen LogP) is 3.46. The van der Waals surface area contributed by atoms with E-state index in [0.717, 1.165) is 24.8 Å². The van der Waals surface area contributed by atoms with Gasteiger partial charge in [-0.3, -0.25) is 0 Å². The number of ether oxygens (including phenoxy) is 2. The van der Waals surface area contributed by atoms with E-state index in [2.05, 4.69) is 11.4 Å². The van der Waals surface area contributed by atoms with Crippen LogP contribution in [0.1, 0.15) is 36.1 Å². The van der Waals surface area contributed by atoms with E-state index in [9.17, 15) is 9.90 Å². The van der Waals surface area contributed by atoms with E-state index < -0.39 is 0 Å². The van der Waals surface area contributed by atoms with E-state index in [1.54, 1.807) is 6.92 Å². The van der Waals surface area contributed by atoms with Crippen molar-refractivity contribution in [3.8, 4) is 5.75 Å². The molecule has 1 aliphatic rings. The third-order valence-corrected chi connectivity index (χ3v) is 5.17. The maximum atomic E-state index is 11.5. The third kappa shape index (κ3) is 5.47. The van der Waals surface area contributed by atoms with Crippen molar-refractivity contribution in [2.24, 2.45) is 0 Å². The number of hydrogen-bond donors (Lipinski definition) is 2. The summed E-state index contributed by atoms with van der Waals surface area (Å²) in [4.78, 5) is 11.5. The van der Waals surface area contributed by atoms with Gasteiger partial charge in [-0.25, -0.2) is 4.79 Å². The molecule has 6 heteroatoms. The number of benzene rings is 2. The van der Waals surface area contributed by atoms with Gasteiger partial charge in [-0.15, -0.1) is 0 Å². The summed E-state index contributed by atoms with van der Waals surface area (Å²) >= 11 is 6.09. The van der Waals surface area contributed by atoms with Crippen LogP contribution in [0.15, 0.2) is 42.5 Å². The molecular formula is C22H26ClNO4. The Kier molecular flexibility index (Phi) is 7.31. The van der Waals surface area contributed by atoms with Crippen LogP contribution in [-0.4, -0.2) is 36.9 Å². The van der Waals surface area contributed by atoms with Gasteiger partial charge in [-0.05, 0) is 67.1 Å². The van der Waals surface area contributed by atoms with Gasteiger partial charge in [0.05, 0.1) is 19.3 Å². The minimum Gasteiger partial charge on any atom is -0.482 e. The Bertz CT molecular complexity index is 811. The molecule has 0 fully saturated rings. The van der Waals surface area contributed by atoms with Gasteiger partial charge in [0, 0.05) is 11.1 Å². The van der Waals surface area contributed by atoms with Gasteiger partial charge in [-0.2, -0.15) is 0 Å². The van der Waals surface area contributed by atoms with E-state index in [1.807, 2.05) is 36.4 Å². The van der Waals surface area contributed by atoms with Gasteiger partial charge in [0.1, 0.15) is 5.75 Å². The Labute approximate surface area is 170 Å². The molecule has 2 N–H and O–H groups in total. The average Bonchev–Trinajstić information content (AvgIpc) is 2.70. The number of hydrogen-bond acceptors (Lipinski definition) is 5. The lowest BCUT2D eigenvalue weighted by Crippen LogP contribution is -2.38. The lowest BCUT2D eigenvalue weighted by molar-refractivity contribution is -0.145. The van der Waals surface area contributed by atoms with Crippen molar-refractivity contribution in [2.75, 3.05) is 19.8 Å². The second-order valence-electron chi connectivity index (χ2n) is 6.92. The molecule has 1 unspecified atom stereocenters. The SMILES string of the molecule is CCOC(=O)COc1ccc2c(c1)C[C@@H](NC(CO)c1cccc(Cl)c1)CC2. The van der Waals surface area contributed by atoms with E-state index in [0.29, 0.717) is 17.4 Å². The number of carbonyl (C=O) groups excluding carboxylic acids is 1. The fraction of sp³-hybridized carbons (Fsp3) is 0.409. The summed E-state index contributed by atoms with van der Waals surface area (Å²) in [6.07, 6.45) is 2.79. The van der Waals surface area contributed by atoms with Gasteiger partial charge in [0.25, 0.3) is 0 Å². The Hall–Kier alpha value is -2.08. The molecule has 3 rings (SSSR count). The van der Waals surface area contributed by atoms with Crippen molar-refractivity contribution in [3.05, 3.63) is 64.2 Å². The summed E-state index contributed by atoms with van der Waals surface area (Å²) in [6.45, 7) is 2.04. The molecule has 150 valence electrons. The molecule has 2 aromatic rings. The molecule has 0 saturated heterocycles. The molecule has 0 saturated carbocycles. The highest BCUT2D eigenvalue weighted by molar-refractivity contribution is 6.30. The zero-order valence-electron chi connectivity index (χ0n) is 16.0. The Balaban J connectivity index is 1.64. The standard InChI is InChI=1S/C22H26ClNO4/c1-2-27-22(26)14-28-20-9-7-15-6-8-19(11-17(15)12-20)24-21(13-25)16-4-3-5-18(23)10-16/h3-5,7,9-10,12,19,21,24-25H,2,6,8,11,13-14H2,1H3/t19-,21?/m0/s1. The first-order valence-electron chi connectivity index (χ1n) is 9.61. The smallest absolute Gasteiger partial charge is 0.344 e. The number of aliphatic hydroxyl groups excluding tert-OH is 1. The number of aliphatic hydroxyl groups is 1. The maximum Gasteiger partial charge on any atom is 0.344 e. The summed E-state index contributed by atoms with van der Waals surface area (Å²) < 4.78 is 10.4. The first-order valence-corrected chi connectivity index (χ1v) is 9.99. The van der Waals surface area contributed by atoms with Crippen LogP contribution < -0.4 is 10.1 Å². The van der Waals surface area contributed by atoms with E-state index >= 15 is 0 Å². The normalized spacial score (nSPS) is 16.9. The molecule has 2 atom stereocenters. The summed E-state index contributed by atoms with van der Waals surface area (Å²) in [6, 6.07) is 13.6. The van der Waals surface area contributed by atoms with E-state index in [-0.39, 0.29) is 31.3 Å². The highest BCUT2D eigenvalue weighted by atomic mass is 35.5. The molecule has 0 bridgehead atoms. The van der Waals surface area contributed by atoms with Gasteiger partial charge >= 0.3 is 5.97 Å². The van der Waals surface area contributed by atoms with Gasteiger partial charge in [0.2, 0.25) is 0 Å². The van der Waals surface area contributed by atoms with Crippen molar-refractivity contribution < 1.29 is 19.4 Å². The van der Waals surface area contributed by atoms with Crippen LogP contribution in [0.25, 0.3) is 0 Å². The number of fused-ring (bicyclic) bond motifs is 1. The van der Waals surface area contributed by atoms with Crippen LogP contribution in [0, 0.1) is 0 Å². The number of esters is 1. The van der Waals surface area contributed by atoms with Crippen LogP contribution in [0.4, 0.5) is 0 Å². The monoisotopic (exact) mass is 403 g/mol. The highest BCUT2D eigenvalue weighted by Crippen LogP contribution is 2.27. The maximum absolute atomic E-state index is 11.5. The van der Waals surface area contributed by atoms with Crippen LogP contribution in [0.5, 0.6) is 5.75 Å². The molecular weight excluding hydrogens is 378 g/mol. The minimum atomic E-state index is -0.368. The van der Waals surface area contributed by atoms with Crippen LogP contribution >= 0.6 is 11.6 Å². The Morgan fingerprint density at radius 1 is 1.29 bits per heavy atom. The molecule has 0 aliphatic heterocycles. The molecule has 2 aromatic carbocycles. The lowest BCUT2D eigenvalue weighted by atomic mass is 9.87. The van der Waals surface area contributed by atoms with Gasteiger partial charge < -0.3 is 19.9 Å².